The molecule has 1 aliphatic rings. The van der Waals surface area contributed by atoms with Crippen molar-refractivity contribution in [3.63, 3.8) is 0 Å². The number of methoxy groups -OCH3 is 1. The van der Waals surface area contributed by atoms with E-state index in [0.717, 1.165) is 23.9 Å². The Bertz CT molecular complexity index is 764. The van der Waals surface area contributed by atoms with Crippen LogP contribution in [0.1, 0.15) is 17.4 Å². The molecule has 0 fully saturated rings. The van der Waals surface area contributed by atoms with Crippen LogP contribution >= 0.6 is 0 Å². The number of halogens is 3. The Labute approximate surface area is 151 Å². The monoisotopic (exact) mass is 393 g/mol. The lowest BCUT2D eigenvalue weighted by molar-refractivity contribution is -0.172. The van der Waals surface area contributed by atoms with Crippen LogP contribution in [-0.4, -0.2) is 67.3 Å². The molecule has 27 heavy (non-hydrogen) atoms. The first-order valence-electron chi connectivity index (χ1n) is 7.81. The smallest absolute Gasteiger partial charge is 0.408 e. The van der Waals surface area contributed by atoms with Crippen molar-refractivity contribution in [3.8, 4) is 5.75 Å². The molecule has 0 spiro atoms. The Hall–Kier alpha value is -2.60. The predicted octanol–water partition coefficient (Wildman–Crippen LogP) is 0.324. The first kappa shape index (κ1) is 20.7. The van der Waals surface area contributed by atoms with Crippen LogP contribution in [-0.2, 0) is 14.3 Å². The highest BCUT2D eigenvalue weighted by molar-refractivity contribution is 5.97. The molecule has 150 valence electrons. The summed E-state index contributed by atoms with van der Waals surface area (Å²) in [6, 6.07) is -1.09. The van der Waals surface area contributed by atoms with E-state index in [4.69, 9.17) is 14.2 Å². The summed E-state index contributed by atoms with van der Waals surface area (Å²) in [5.41, 5.74) is 1.21. The summed E-state index contributed by atoms with van der Waals surface area (Å²) in [4.78, 5) is 36.9. The minimum atomic E-state index is -4.67. The number of hydrogen-bond acceptors (Lipinski definition) is 7. The molecule has 0 bridgehead atoms. The lowest BCUT2D eigenvalue weighted by Crippen LogP contribution is -2.54. The fourth-order valence-electron chi connectivity index (χ4n) is 2.24. The van der Waals surface area contributed by atoms with Crippen molar-refractivity contribution in [3.05, 3.63) is 28.2 Å². The van der Waals surface area contributed by atoms with Gasteiger partial charge >= 0.3 is 12.1 Å². The Kier molecular flexibility index (Phi) is 6.44. The zero-order valence-corrected chi connectivity index (χ0v) is 14.5. The number of pyridine rings is 1. The van der Waals surface area contributed by atoms with Crippen molar-refractivity contribution in [2.24, 2.45) is 0 Å². The quantitative estimate of drug-likeness (QED) is 0.526. The number of carbonyl (C=O) groups excluding carboxylic acids is 2. The van der Waals surface area contributed by atoms with Crippen LogP contribution in [0.3, 0.4) is 0 Å². The first-order valence-corrected chi connectivity index (χ1v) is 7.81. The van der Waals surface area contributed by atoms with Crippen molar-refractivity contribution in [1.82, 2.24) is 9.58 Å². The maximum absolute atomic E-state index is 13.0. The number of carbonyl (C=O) groups is 2. The minimum absolute atomic E-state index is 0.0921. The Morgan fingerprint density at radius 1 is 1.33 bits per heavy atom. The van der Waals surface area contributed by atoms with Gasteiger partial charge < -0.3 is 24.5 Å². The molecule has 0 saturated carbocycles. The van der Waals surface area contributed by atoms with Crippen molar-refractivity contribution in [2.45, 2.75) is 19.1 Å². The summed E-state index contributed by atoms with van der Waals surface area (Å²) in [6.45, 7) is 0.161. The zero-order chi connectivity index (χ0) is 20.2. The number of nitrogens with one attached hydrogen (secondary N) is 1. The molecule has 2 rings (SSSR count). The van der Waals surface area contributed by atoms with Gasteiger partial charge in [0.25, 0.3) is 5.91 Å². The highest BCUT2D eigenvalue weighted by Gasteiger charge is 2.44. The Morgan fingerprint density at radius 2 is 2.04 bits per heavy atom. The summed E-state index contributed by atoms with van der Waals surface area (Å²) in [7, 11) is 1.44. The van der Waals surface area contributed by atoms with Gasteiger partial charge in [-0.1, -0.05) is 0 Å². The first-order chi connectivity index (χ1) is 12.7. The number of aromatic nitrogens is 1. The van der Waals surface area contributed by atoms with E-state index in [-0.39, 0.29) is 13.2 Å². The van der Waals surface area contributed by atoms with E-state index in [0.29, 0.717) is 4.90 Å². The number of rotatable bonds is 7. The van der Waals surface area contributed by atoms with Crippen molar-refractivity contribution in [1.29, 1.82) is 0 Å². The molecule has 9 nitrogen and oxygen atoms in total. The van der Waals surface area contributed by atoms with Crippen LogP contribution in [0.4, 0.5) is 13.2 Å². The molecule has 1 amide bonds. The minimum Gasteiger partial charge on any atom is -0.418 e. The second-order valence-electron chi connectivity index (χ2n) is 5.56. The molecule has 1 N–H and O–H groups in total. The standard InChI is InChI=1S/C15H18F3N3O6/c1-9(15(16,17)18)20-8-19-21-4-3-10(22)13(12(21)14(20)24)27-11(23)7-26-6-5-25-2/h3-4,9,19H,5-8H2,1-2H3/t9-/m1/s1. The highest BCUT2D eigenvalue weighted by Crippen LogP contribution is 2.28. The number of amides is 1. The molecule has 0 radical (unpaired) electrons. The molecule has 1 aliphatic heterocycles. The van der Waals surface area contributed by atoms with E-state index < -0.39 is 54.2 Å². The third kappa shape index (κ3) is 4.77. The zero-order valence-electron chi connectivity index (χ0n) is 14.5. The molecule has 1 atom stereocenters. The summed E-state index contributed by atoms with van der Waals surface area (Å²) < 4.78 is 54.5. The SMILES string of the molecule is COCCOCC(=O)Oc1c2n(ccc1=O)NCN([C@H](C)C(F)(F)F)C2=O. The third-order valence-corrected chi connectivity index (χ3v) is 3.74. The average molecular weight is 393 g/mol. The molecule has 1 aromatic rings. The molecule has 1 aromatic heterocycles. The molecule has 12 heteroatoms. The second kappa shape index (κ2) is 8.39. The van der Waals surface area contributed by atoms with E-state index >= 15 is 0 Å². The Balaban J connectivity index is 2.25. The largest absolute Gasteiger partial charge is 0.418 e. The van der Waals surface area contributed by atoms with Gasteiger partial charge in [-0.15, -0.1) is 0 Å². The van der Waals surface area contributed by atoms with E-state index in [1.807, 2.05) is 0 Å². The van der Waals surface area contributed by atoms with Crippen LogP contribution in [0.15, 0.2) is 17.1 Å². The summed E-state index contributed by atoms with van der Waals surface area (Å²) in [5.74, 6) is -2.75. The summed E-state index contributed by atoms with van der Waals surface area (Å²) >= 11 is 0. The van der Waals surface area contributed by atoms with Crippen molar-refractivity contribution < 1.29 is 37.0 Å². The topological polar surface area (TPSA) is 99.1 Å². The number of hydrogen-bond donors (Lipinski definition) is 1. The molecule has 0 unspecified atom stereocenters. The normalized spacial score (nSPS) is 15.1. The van der Waals surface area contributed by atoms with Gasteiger partial charge in [-0.3, -0.25) is 14.3 Å². The van der Waals surface area contributed by atoms with Gasteiger partial charge in [0.15, 0.2) is 5.69 Å². The number of alkyl halides is 3. The van der Waals surface area contributed by atoms with Gasteiger partial charge in [0.1, 0.15) is 19.3 Å². The lowest BCUT2D eigenvalue weighted by atomic mass is 10.2. The molecule has 0 aromatic carbocycles. The van der Waals surface area contributed by atoms with Crippen LogP contribution < -0.4 is 15.6 Å². The molecule has 0 saturated heterocycles. The maximum Gasteiger partial charge on any atom is 0.408 e. The van der Waals surface area contributed by atoms with Crippen LogP contribution in [0.2, 0.25) is 0 Å². The predicted molar refractivity (Wildman–Crippen MR) is 84.9 cm³/mol. The van der Waals surface area contributed by atoms with E-state index in [2.05, 4.69) is 5.43 Å². The number of nitrogens with zero attached hydrogens (tertiary/aromatic N) is 2. The number of fused-ring (bicyclic) bond motifs is 1. The van der Waals surface area contributed by atoms with Gasteiger partial charge in [0, 0.05) is 19.4 Å². The third-order valence-electron chi connectivity index (χ3n) is 3.74. The van der Waals surface area contributed by atoms with Gasteiger partial charge in [-0.05, 0) is 6.92 Å². The fraction of sp³-hybridized carbons (Fsp3) is 0.533. The van der Waals surface area contributed by atoms with Crippen LogP contribution in [0.5, 0.6) is 5.75 Å². The molecule has 2 heterocycles. The number of esters is 1. The Morgan fingerprint density at radius 3 is 2.67 bits per heavy atom. The molecular formula is C15H18F3N3O6. The number of ether oxygens (including phenoxy) is 3. The average Bonchev–Trinajstić information content (AvgIpc) is 2.60. The van der Waals surface area contributed by atoms with Crippen LogP contribution in [0.25, 0.3) is 0 Å². The van der Waals surface area contributed by atoms with Gasteiger partial charge in [-0.25, -0.2) is 4.79 Å². The van der Waals surface area contributed by atoms with Crippen molar-refractivity contribution in [2.75, 3.05) is 39.0 Å². The fourth-order valence-corrected chi connectivity index (χ4v) is 2.24. The highest BCUT2D eigenvalue weighted by atomic mass is 19.4. The van der Waals surface area contributed by atoms with E-state index in [1.54, 1.807) is 0 Å². The lowest BCUT2D eigenvalue weighted by Gasteiger charge is -2.36. The van der Waals surface area contributed by atoms with E-state index in [9.17, 15) is 27.6 Å². The summed E-state index contributed by atoms with van der Waals surface area (Å²) in [5, 5.41) is 0. The summed E-state index contributed by atoms with van der Waals surface area (Å²) in [6.07, 6.45) is -3.50. The van der Waals surface area contributed by atoms with Gasteiger partial charge in [-0.2, -0.15) is 13.2 Å². The van der Waals surface area contributed by atoms with Crippen molar-refractivity contribution >= 4 is 11.9 Å². The maximum atomic E-state index is 13.0. The van der Waals surface area contributed by atoms with Gasteiger partial charge in [0.05, 0.1) is 13.2 Å². The van der Waals surface area contributed by atoms with E-state index in [1.165, 1.54) is 7.11 Å². The van der Waals surface area contributed by atoms with Crippen LogP contribution in [0, 0.1) is 0 Å². The second-order valence-corrected chi connectivity index (χ2v) is 5.56. The molecule has 0 aliphatic carbocycles. The molecular weight excluding hydrogens is 375 g/mol. The van der Waals surface area contributed by atoms with Gasteiger partial charge in [0.2, 0.25) is 11.2 Å².